The molecule has 2 atom stereocenters. The van der Waals surface area contributed by atoms with Crippen LogP contribution in [0.15, 0.2) is 36.4 Å². The molecule has 3 rings (SSSR count). The minimum Gasteiger partial charge on any atom is -0.451 e. The average Bonchev–Trinajstić information content (AvgIpc) is 3.09. The highest BCUT2D eigenvalue weighted by Crippen LogP contribution is 2.32. The number of ether oxygens (including phenoxy) is 1. The van der Waals surface area contributed by atoms with Crippen LogP contribution in [0.1, 0.15) is 45.9 Å². The molecule has 1 amide bonds. The molecule has 1 aromatic carbocycles. The molecular formula is C22H25NO4S. The number of fused-ring (bicyclic) bond motifs is 1. The summed E-state index contributed by atoms with van der Waals surface area (Å²) in [6.07, 6.45) is 3.53. The Morgan fingerprint density at radius 3 is 2.71 bits per heavy atom. The van der Waals surface area contributed by atoms with E-state index >= 15 is 0 Å². The molecule has 1 aromatic heterocycles. The van der Waals surface area contributed by atoms with Crippen LogP contribution in [-0.2, 0) is 33.6 Å². The number of ketones is 1. The van der Waals surface area contributed by atoms with Gasteiger partial charge < -0.3 is 10.1 Å². The fourth-order valence-electron chi connectivity index (χ4n) is 3.39. The number of esters is 1. The molecule has 5 nitrogen and oxygen atoms in total. The van der Waals surface area contributed by atoms with Crippen LogP contribution in [0.3, 0.4) is 0 Å². The molecule has 1 heterocycles. The first-order valence-electron chi connectivity index (χ1n) is 9.55. The summed E-state index contributed by atoms with van der Waals surface area (Å²) in [5, 5.41) is 2.66. The molecule has 1 aliphatic rings. The topological polar surface area (TPSA) is 72.5 Å². The predicted molar refractivity (Wildman–Crippen MR) is 109 cm³/mol. The Morgan fingerprint density at radius 1 is 1.25 bits per heavy atom. The number of amides is 1. The van der Waals surface area contributed by atoms with Crippen molar-refractivity contribution in [2.45, 2.75) is 45.6 Å². The maximum Gasteiger partial charge on any atom is 0.348 e. The molecular weight excluding hydrogens is 374 g/mol. The van der Waals surface area contributed by atoms with Gasteiger partial charge in [0.15, 0.2) is 12.4 Å². The van der Waals surface area contributed by atoms with Gasteiger partial charge >= 0.3 is 5.97 Å². The summed E-state index contributed by atoms with van der Waals surface area (Å²) in [6.45, 7) is 3.26. The summed E-state index contributed by atoms with van der Waals surface area (Å²) in [4.78, 5) is 38.1. The normalized spacial score (nSPS) is 16.7. The standard InChI is InChI=1S/C22H25NO4S/c1-14-8-9-19-17(10-14)12-20(28-19)22(26)27-13-21(25)23-18(15(2)24)11-16-6-4-3-5-7-16/h3-7,12,14,18H,8-11,13H2,1-2H3,(H,23,25)/t14-,18+/m0/s1. The second kappa shape index (κ2) is 9.15. The van der Waals surface area contributed by atoms with Crippen molar-refractivity contribution in [2.75, 3.05) is 6.61 Å². The van der Waals surface area contributed by atoms with Gasteiger partial charge in [0.1, 0.15) is 4.88 Å². The third kappa shape index (κ3) is 5.29. The number of carbonyl (C=O) groups is 3. The van der Waals surface area contributed by atoms with Gasteiger partial charge in [-0.15, -0.1) is 11.3 Å². The Bertz CT molecular complexity index is 859. The molecule has 0 aliphatic heterocycles. The lowest BCUT2D eigenvalue weighted by atomic mass is 9.90. The van der Waals surface area contributed by atoms with Gasteiger partial charge in [0.25, 0.3) is 5.91 Å². The van der Waals surface area contributed by atoms with Crippen molar-refractivity contribution in [1.29, 1.82) is 0 Å². The van der Waals surface area contributed by atoms with E-state index in [-0.39, 0.29) is 5.78 Å². The van der Waals surface area contributed by atoms with Crippen molar-refractivity contribution in [3.05, 3.63) is 57.3 Å². The van der Waals surface area contributed by atoms with Crippen LogP contribution in [0.5, 0.6) is 0 Å². The summed E-state index contributed by atoms with van der Waals surface area (Å²) in [7, 11) is 0. The lowest BCUT2D eigenvalue weighted by Crippen LogP contribution is -2.43. The van der Waals surface area contributed by atoms with Gasteiger partial charge in [-0.2, -0.15) is 0 Å². The zero-order chi connectivity index (χ0) is 20.1. The van der Waals surface area contributed by atoms with E-state index in [1.165, 1.54) is 28.7 Å². The van der Waals surface area contributed by atoms with Gasteiger partial charge in [-0.25, -0.2) is 4.79 Å². The van der Waals surface area contributed by atoms with Crippen LogP contribution in [0.25, 0.3) is 0 Å². The molecule has 1 aliphatic carbocycles. The van der Waals surface area contributed by atoms with E-state index in [0.29, 0.717) is 17.2 Å². The van der Waals surface area contributed by atoms with E-state index in [1.54, 1.807) is 0 Å². The Kier molecular flexibility index (Phi) is 6.62. The number of hydrogen-bond donors (Lipinski definition) is 1. The van der Waals surface area contributed by atoms with E-state index in [9.17, 15) is 14.4 Å². The van der Waals surface area contributed by atoms with Crippen LogP contribution in [-0.4, -0.2) is 30.3 Å². The van der Waals surface area contributed by atoms with Crippen LogP contribution in [0.4, 0.5) is 0 Å². The quantitative estimate of drug-likeness (QED) is 0.725. The third-order valence-corrected chi connectivity index (χ3v) is 6.19. The highest BCUT2D eigenvalue weighted by Gasteiger charge is 2.23. The summed E-state index contributed by atoms with van der Waals surface area (Å²) < 4.78 is 5.17. The Balaban J connectivity index is 1.52. The third-order valence-electron chi connectivity index (χ3n) is 4.97. The van der Waals surface area contributed by atoms with E-state index < -0.39 is 24.5 Å². The number of aryl methyl sites for hydroxylation is 1. The van der Waals surface area contributed by atoms with Gasteiger partial charge in [0.2, 0.25) is 0 Å². The van der Waals surface area contributed by atoms with E-state index in [4.69, 9.17) is 4.74 Å². The number of Topliss-reactive ketones (excluding diaryl/α,β-unsaturated/α-hetero) is 1. The van der Waals surface area contributed by atoms with Crippen LogP contribution in [0.2, 0.25) is 0 Å². The number of rotatable bonds is 7. The smallest absolute Gasteiger partial charge is 0.348 e. The fraction of sp³-hybridized carbons (Fsp3) is 0.409. The first-order chi connectivity index (χ1) is 13.4. The Hall–Kier alpha value is -2.47. The average molecular weight is 400 g/mol. The second-order valence-electron chi connectivity index (χ2n) is 7.40. The first-order valence-corrected chi connectivity index (χ1v) is 10.4. The van der Waals surface area contributed by atoms with Gasteiger partial charge in [0, 0.05) is 4.88 Å². The summed E-state index contributed by atoms with van der Waals surface area (Å²) in [6, 6.07) is 10.7. The zero-order valence-corrected chi connectivity index (χ0v) is 17.0. The zero-order valence-electron chi connectivity index (χ0n) is 16.2. The molecule has 0 saturated carbocycles. The van der Waals surface area contributed by atoms with Gasteiger partial charge in [-0.1, -0.05) is 37.3 Å². The first kappa shape index (κ1) is 20.3. The minimum atomic E-state index is -0.635. The lowest BCUT2D eigenvalue weighted by molar-refractivity contribution is -0.128. The van der Waals surface area contributed by atoms with Gasteiger partial charge in [-0.3, -0.25) is 9.59 Å². The van der Waals surface area contributed by atoms with Gasteiger partial charge in [0.05, 0.1) is 6.04 Å². The van der Waals surface area contributed by atoms with Crippen molar-refractivity contribution in [1.82, 2.24) is 5.32 Å². The van der Waals surface area contributed by atoms with Crippen LogP contribution < -0.4 is 5.32 Å². The molecule has 6 heteroatoms. The molecule has 0 spiro atoms. The Labute approximate surface area is 169 Å². The second-order valence-corrected chi connectivity index (χ2v) is 8.54. The molecule has 28 heavy (non-hydrogen) atoms. The summed E-state index contributed by atoms with van der Waals surface area (Å²) in [5.41, 5.74) is 2.18. The van der Waals surface area contributed by atoms with E-state index in [2.05, 4.69) is 12.2 Å². The molecule has 2 aromatic rings. The van der Waals surface area contributed by atoms with Crippen molar-refractivity contribution < 1.29 is 19.1 Å². The fourth-order valence-corrected chi connectivity index (χ4v) is 4.49. The van der Waals surface area contributed by atoms with Crippen molar-refractivity contribution in [3.63, 3.8) is 0 Å². The molecule has 0 bridgehead atoms. The predicted octanol–water partition coefficient (Wildman–Crippen LogP) is 3.35. The van der Waals surface area contributed by atoms with Crippen molar-refractivity contribution >= 4 is 29.0 Å². The number of thiophene rings is 1. The molecule has 1 N–H and O–H groups in total. The van der Waals surface area contributed by atoms with Crippen LogP contribution >= 0.6 is 11.3 Å². The maximum atomic E-state index is 12.3. The SMILES string of the molecule is CC(=O)[C@@H](Cc1ccccc1)NC(=O)COC(=O)c1cc2c(s1)CC[C@H](C)C2. The molecule has 0 unspecified atom stereocenters. The highest BCUT2D eigenvalue weighted by atomic mass is 32.1. The maximum absolute atomic E-state index is 12.3. The van der Waals surface area contributed by atoms with Crippen LogP contribution in [0, 0.1) is 5.92 Å². The molecule has 0 fully saturated rings. The van der Waals surface area contributed by atoms with Crippen molar-refractivity contribution in [2.24, 2.45) is 5.92 Å². The van der Waals surface area contributed by atoms with Gasteiger partial charge in [-0.05, 0) is 55.7 Å². The molecule has 0 saturated heterocycles. The number of carbonyl (C=O) groups excluding carboxylic acids is 3. The monoisotopic (exact) mass is 399 g/mol. The summed E-state index contributed by atoms with van der Waals surface area (Å²) in [5.74, 6) is -0.461. The largest absolute Gasteiger partial charge is 0.451 e. The molecule has 148 valence electrons. The Morgan fingerprint density at radius 2 is 2.00 bits per heavy atom. The number of nitrogens with one attached hydrogen (secondary N) is 1. The summed E-state index contributed by atoms with van der Waals surface area (Å²) >= 11 is 1.46. The van der Waals surface area contributed by atoms with Crippen molar-refractivity contribution in [3.8, 4) is 0 Å². The highest BCUT2D eigenvalue weighted by molar-refractivity contribution is 7.14. The molecule has 0 radical (unpaired) electrons. The minimum absolute atomic E-state index is 0.136. The lowest BCUT2D eigenvalue weighted by Gasteiger charge is -2.16. The van der Waals surface area contributed by atoms with E-state index in [1.807, 2.05) is 36.4 Å². The number of benzene rings is 1. The van der Waals surface area contributed by atoms with E-state index in [0.717, 1.165) is 24.8 Å². The number of hydrogen-bond acceptors (Lipinski definition) is 5.